The Morgan fingerprint density at radius 3 is 2.57 bits per heavy atom. The van der Waals surface area contributed by atoms with Crippen molar-refractivity contribution in [3.63, 3.8) is 0 Å². The van der Waals surface area contributed by atoms with Gasteiger partial charge in [-0.2, -0.15) is 0 Å². The molecule has 80 valence electrons. The van der Waals surface area contributed by atoms with Gasteiger partial charge in [-0.3, -0.25) is 0 Å². The van der Waals surface area contributed by atoms with E-state index in [1.165, 1.54) is 0 Å². The first kappa shape index (κ1) is 9.09. The fourth-order valence-corrected chi connectivity index (χ4v) is 1.44. The second-order valence-corrected chi connectivity index (χ2v) is 4.87. The Kier molecular flexibility index (Phi) is 1.89. The molecule has 1 saturated carbocycles. The molecule has 3 rings (SSSR count). The van der Waals surface area contributed by atoms with Crippen molar-refractivity contribution in [2.75, 3.05) is 19.8 Å². The van der Waals surface area contributed by atoms with E-state index in [0.29, 0.717) is 37.6 Å². The molecule has 0 bridgehead atoms. The molecule has 14 heavy (non-hydrogen) atoms. The van der Waals surface area contributed by atoms with Crippen molar-refractivity contribution >= 4 is 0 Å². The quantitative estimate of drug-likeness (QED) is 0.580. The highest BCUT2D eigenvalue weighted by Crippen LogP contribution is 2.49. The van der Waals surface area contributed by atoms with Crippen molar-refractivity contribution in [2.24, 2.45) is 0 Å². The average Bonchev–Trinajstić information content (AvgIpc) is 2.89. The molecule has 0 aromatic heterocycles. The second kappa shape index (κ2) is 2.92. The van der Waals surface area contributed by atoms with Crippen molar-refractivity contribution in [1.29, 1.82) is 0 Å². The number of hydrogen-bond donors (Lipinski definition) is 0. The molecule has 0 spiro atoms. The number of ether oxygens (including phenoxy) is 4. The largest absolute Gasteiger partial charge is 0.371 e. The van der Waals surface area contributed by atoms with Crippen molar-refractivity contribution < 1.29 is 18.9 Å². The number of rotatable bonds is 6. The Balaban J connectivity index is 1.35. The van der Waals surface area contributed by atoms with Crippen LogP contribution in [-0.2, 0) is 18.9 Å². The van der Waals surface area contributed by atoms with Gasteiger partial charge in [0.2, 0.25) is 0 Å². The van der Waals surface area contributed by atoms with Gasteiger partial charge in [-0.25, -0.2) is 0 Å². The molecule has 0 aromatic rings. The van der Waals surface area contributed by atoms with Gasteiger partial charge in [-0.05, 0) is 13.8 Å². The molecule has 4 heteroatoms. The lowest BCUT2D eigenvalue weighted by Crippen LogP contribution is -2.33. The molecule has 0 N–H and O–H groups in total. The van der Waals surface area contributed by atoms with Gasteiger partial charge < -0.3 is 18.9 Å². The summed E-state index contributed by atoms with van der Waals surface area (Å²) in [5.41, 5.74) is -0.207. The average molecular weight is 200 g/mol. The van der Waals surface area contributed by atoms with E-state index >= 15 is 0 Å². The minimum absolute atomic E-state index is 0.207. The van der Waals surface area contributed by atoms with Crippen LogP contribution in [0.4, 0.5) is 0 Å². The monoisotopic (exact) mass is 200 g/mol. The molecule has 0 radical (unpaired) electrons. The summed E-state index contributed by atoms with van der Waals surface area (Å²) in [5.74, 6) is 0. The lowest BCUT2D eigenvalue weighted by atomic mass is 10.1. The van der Waals surface area contributed by atoms with Crippen LogP contribution in [0.25, 0.3) is 0 Å². The minimum Gasteiger partial charge on any atom is -0.371 e. The van der Waals surface area contributed by atoms with Crippen LogP contribution in [0.3, 0.4) is 0 Å². The summed E-state index contributed by atoms with van der Waals surface area (Å²) in [5, 5.41) is 0. The number of epoxide rings is 2. The zero-order valence-electron chi connectivity index (χ0n) is 8.56. The highest BCUT2D eigenvalue weighted by molar-refractivity contribution is 5.16. The van der Waals surface area contributed by atoms with Gasteiger partial charge in [0.15, 0.2) is 0 Å². The van der Waals surface area contributed by atoms with Gasteiger partial charge in [0.1, 0.15) is 24.4 Å². The highest BCUT2D eigenvalue weighted by atomic mass is 16.7. The maximum atomic E-state index is 5.69. The van der Waals surface area contributed by atoms with Gasteiger partial charge in [-0.15, -0.1) is 0 Å². The van der Waals surface area contributed by atoms with Gasteiger partial charge in [0, 0.05) is 0 Å². The normalized spacial score (nSPS) is 43.3. The fraction of sp³-hybridized carbons (Fsp3) is 1.00. The molecule has 2 aliphatic heterocycles. The zero-order chi connectivity index (χ0) is 9.76. The summed E-state index contributed by atoms with van der Waals surface area (Å²) in [6, 6.07) is 0. The molecule has 2 saturated heterocycles. The standard InChI is InChI=1S/C10H16O4/c1-10(2,13-4-6-3-11-6)5-12-7-8-9(7)14-8/h6-9H,3-5H2,1-2H3. The summed E-state index contributed by atoms with van der Waals surface area (Å²) in [6.07, 6.45) is 1.51. The van der Waals surface area contributed by atoms with Crippen molar-refractivity contribution in [3.05, 3.63) is 0 Å². The van der Waals surface area contributed by atoms with Crippen LogP contribution in [0.5, 0.6) is 0 Å². The molecule has 4 nitrogen and oxygen atoms in total. The molecule has 3 fully saturated rings. The third-order valence-corrected chi connectivity index (χ3v) is 2.75. The first-order chi connectivity index (χ1) is 6.66. The highest BCUT2D eigenvalue weighted by Gasteiger charge is 2.69. The van der Waals surface area contributed by atoms with Crippen LogP contribution in [0.15, 0.2) is 0 Å². The van der Waals surface area contributed by atoms with Gasteiger partial charge in [0.05, 0.1) is 25.4 Å². The molecule has 3 unspecified atom stereocenters. The SMILES string of the molecule is CC(C)(COC1C2OC12)OCC1CO1. The number of fused-ring (bicyclic) bond motifs is 1. The zero-order valence-corrected chi connectivity index (χ0v) is 8.56. The predicted molar refractivity (Wildman–Crippen MR) is 48.2 cm³/mol. The van der Waals surface area contributed by atoms with E-state index in [1.807, 2.05) is 13.8 Å². The summed E-state index contributed by atoms with van der Waals surface area (Å²) >= 11 is 0. The molecule has 2 heterocycles. The van der Waals surface area contributed by atoms with Crippen LogP contribution >= 0.6 is 0 Å². The minimum atomic E-state index is -0.207. The Morgan fingerprint density at radius 2 is 2.07 bits per heavy atom. The second-order valence-electron chi connectivity index (χ2n) is 4.87. The third kappa shape index (κ3) is 1.93. The van der Waals surface area contributed by atoms with Gasteiger partial charge in [-0.1, -0.05) is 0 Å². The third-order valence-electron chi connectivity index (χ3n) is 2.75. The predicted octanol–water partition coefficient (Wildman–Crippen LogP) is 0.347. The van der Waals surface area contributed by atoms with E-state index in [1.54, 1.807) is 0 Å². The van der Waals surface area contributed by atoms with Crippen LogP contribution < -0.4 is 0 Å². The van der Waals surface area contributed by atoms with Gasteiger partial charge in [0.25, 0.3) is 0 Å². The molecular formula is C10H16O4. The molecule has 0 amide bonds. The lowest BCUT2D eigenvalue weighted by molar-refractivity contribution is -0.0998. The summed E-state index contributed by atoms with van der Waals surface area (Å²) in [7, 11) is 0. The van der Waals surface area contributed by atoms with E-state index in [-0.39, 0.29) is 5.60 Å². The van der Waals surface area contributed by atoms with Gasteiger partial charge >= 0.3 is 0 Å². The maximum Gasteiger partial charge on any atom is 0.116 e. The maximum absolute atomic E-state index is 5.69. The van der Waals surface area contributed by atoms with E-state index in [4.69, 9.17) is 18.9 Å². The van der Waals surface area contributed by atoms with Crippen molar-refractivity contribution in [1.82, 2.24) is 0 Å². The molecule has 0 aromatic carbocycles. The topological polar surface area (TPSA) is 43.5 Å². The van der Waals surface area contributed by atoms with Crippen LogP contribution in [-0.4, -0.2) is 49.8 Å². The first-order valence-electron chi connectivity index (χ1n) is 5.18. The molecular weight excluding hydrogens is 184 g/mol. The molecule has 3 atom stereocenters. The van der Waals surface area contributed by atoms with E-state index in [9.17, 15) is 0 Å². The van der Waals surface area contributed by atoms with E-state index in [0.717, 1.165) is 6.61 Å². The van der Waals surface area contributed by atoms with Crippen LogP contribution in [0.2, 0.25) is 0 Å². The fourth-order valence-electron chi connectivity index (χ4n) is 1.44. The van der Waals surface area contributed by atoms with Crippen LogP contribution in [0.1, 0.15) is 13.8 Å². The lowest BCUT2D eigenvalue weighted by Gasteiger charge is -2.25. The molecule has 1 aliphatic carbocycles. The Bertz CT molecular complexity index is 228. The Labute approximate surface area is 83.5 Å². The first-order valence-corrected chi connectivity index (χ1v) is 5.18. The van der Waals surface area contributed by atoms with Crippen molar-refractivity contribution in [2.45, 2.75) is 43.9 Å². The van der Waals surface area contributed by atoms with Crippen molar-refractivity contribution in [3.8, 4) is 0 Å². The summed E-state index contributed by atoms with van der Waals surface area (Å²) < 4.78 is 21.5. The summed E-state index contributed by atoms with van der Waals surface area (Å²) in [6.45, 7) is 6.26. The van der Waals surface area contributed by atoms with E-state index < -0.39 is 0 Å². The number of hydrogen-bond acceptors (Lipinski definition) is 4. The van der Waals surface area contributed by atoms with Crippen LogP contribution in [0, 0.1) is 0 Å². The summed E-state index contributed by atoms with van der Waals surface area (Å²) in [4.78, 5) is 0. The molecule has 3 aliphatic rings. The van der Waals surface area contributed by atoms with E-state index in [2.05, 4.69) is 0 Å². The Morgan fingerprint density at radius 1 is 1.36 bits per heavy atom. The smallest absolute Gasteiger partial charge is 0.116 e. The Hall–Kier alpha value is -0.160.